The highest BCUT2D eigenvalue weighted by atomic mass is 32.2. The van der Waals surface area contributed by atoms with Gasteiger partial charge in [-0.25, -0.2) is 0 Å². The van der Waals surface area contributed by atoms with E-state index in [0.717, 1.165) is 33.4 Å². The third-order valence-corrected chi connectivity index (χ3v) is 6.49. The molecule has 6 heteroatoms. The summed E-state index contributed by atoms with van der Waals surface area (Å²) in [6, 6.07) is 0. The van der Waals surface area contributed by atoms with Crippen LogP contribution in [0.25, 0.3) is 0 Å². The van der Waals surface area contributed by atoms with Crippen molar-refractivity contribution < 1.29 is 14.4 Å². The number of rotatable bonds is 6. The van der Waals surface area contributed by atoms with Gasteiger partial charge < -0.3 is 0 Å². The van der Waals surface area contributed by atoms with Crippen LogP contribution in [-0.4, -0.2) is 15.3 Å². The minimum atomic E-state index is 0.0914. The van der Waals surface area contributed by atoms with Crippen molar-refractivity contribution in [3.63, 3.8) is 0 Å². The summed E-state index contributed by atoms with van der Waals surface area (Å²) in [6.07, 6.45) is 0. The van der Waals surface area contributed by atoms with Crippen molar-refractivity contribution >= 4 is 50.6 Å². The van der Waals surface area contributed by atoms with Crippen molar-refractivity contribution in [3.05, 3.63) is 33.4 Å². The molecule has 0 heterocycles. The number of thioether (sulfide) groups is 3. The van der Waals surface area contributed by atoms with Crippen LogP contribution in [0.3, 0.4) is 0 Å². The molecule has 0 amide bonds. The van der Waals surface area contributed by atoms with Crippen LogP contribution in [0.1, 0.15) is 54.2 Å². The first-order valence-corrected chi connectivity index (χ1v) is 10.6. The van der Waals surface area contributed by atoms with Crippen LogP contribution in [0.2, 0.25) is 0 Å². The number of carbonyl (C=O) groups excluding carboxylic acids is 3. The van der Waals surface area contributed by atoms with E-state index >= 15 is 0 Å². The van der Waals surface area contributed by atoms with Crippen LogP contribution in [0.5, 0.6) is 0 Å². The van der Waals surface area contributed by atoms with Gasteiger partial charge in [0.2, 0.25) is 0 Å². The minimum absolute atomic E-state index is 0.0914. The maximum absolute atomic E-state index is 11.4. The number of hydrogen-bond acceptors (Lipinski definition) is 6. The summed E-state index contributed by atoms with van der Waals surface area (Å²) in [4.78, 5) is 34.1. The first-order valence-electron chi connectivity index (χ1n) is 7.65. The van der Waals surface area contributed by atoms with Crippen LogP contribution in [0.15, 0.2) is 0 Å². The molecule has 0 saturated heterocycles. The van der Waals surface area contributed by atoms with E-state index in [2.05, 4.69) is 20.8 Å². The Balaban J connectivity index is 3.36. The van der Waals surface area contributed by atoms with Gasteiger partial charge in [0, 0.05) is 38.0 Å². The molecule has 0 aliphatic carbocycles. The molecule has 0 radical (unpaired) electrons. The van der Waals surface area contributed by atoms with Gasteiger partial charge in [-0.1, -0.05) is 35.3 Å². The summed E-state index contributed by atoms with van der Waals surface area (Å²) in [5, 5.41) is 0.274. The zero-order valence-corrected chi connectivity index (χ0v) is 17.5. The molecule has 1 rings (SSSR count). The van der Waals surface area contributed by atoms with Crippen LogP contribution in [0, 0.1) is 20.8 Å². The summed E-state index contributed by atoms with van der Waals surface area (Å²) < 4.78 is 0. The van der Waals surface area contributed by atoms with E-state index in [4.69, 9.17) is 0 Å². The summed E-state index contributed by atoms with van der Waals surface area (Å²) >= 11 is 3.90. The molecule has 0 aliphatic rings. The molecule has 0 fully saturated rings. The number of hydrogen-bond donors (Lipinski definition) is 0. The zero-order valence-electron chi connectivity index (χ0n) is 15.1. The second kappa shape index (κ2) is 9.68. The Morgan fingerprint density at radius 1 is 0.583 bits per heavy atom. The molecule has 0 N–H and O–H groups in total. The average molecular weight is 385 g/mol. The largest absolute Gasteiger partial charge is 0.288 e. The van der Waals surface area contributed by atoms with Crippen molar-refractivity contribution in [1.29, 1.82) is 0 Å². The van der Waals surface area contributed by atoms with Crippen LogP contribution < -0.4 is 0 Å². The molecular weight excluding hydrogens is 360 g/mol. The fourth-order valence-corrected chi connectivity index (χ4v) is 4.90. The minimum Gasteiger partial charge on any atom is -0.288 e. The van der Waals surface area contributed by atoms with Crippen molar-refractivity contribution in [2.45, 2.75) is 58.8 Å². The van der Waals surface area contributed by atoms with Gasteiger partial charge in [0.15, 0.2) is 15.3 Å². The van der Waals surface area contributed by atoms with Gasteiger partial charge in [-0.15, -0.1) is 0 Å². The Bertz CT molecular complexity index is 554. The molecule has 0 bridgehead atoms. The Morgan fingerprint density at radius 2 is 0.792 bits per heavy atom. The summed E-state index contributed by atoms with van der Waals surface area (Å²) in [7, 11) is 0. The molecule has 0 saturated carbocycles. The van der Waals surface area contributed by atoms with Gasteiger partial charge in [-0.3, -0.25) is 14.4 Å². The molecular formula is C18H24O3S3. The van der Waals surface area contributed by atoms with E-state index in [1.807, 2.05) is 0 Å². The molecule has 3 nitrogen and oxygen atoms in total. The topological polar surface area (TPSA) is 51.2 Å². The maximum atomic E-state index is 11.4. The lowest BCUT2D eigenvalue weighted by Gasteiger charge is -2.21. The van der Waals surface area contributed by atoms with E-state index in [0.29, 0.717) is 17.3 Å². The third-order valence-electron chi connectivity index (χ3n) is 3.98. The smallest absolute Gasteiger partial charge is 0.186 e. The van der Waals surface area contributed by atoms with E-state index in [1.54, 1.807) is 20.8 Å². The van der Waals surface area contributed by atoms with Crippen molar-refractivity contribution in [3.8, 4) is 0 Å². The van der Waals surface area contributed by atoms with Crippen LogP contribution in [-0.2, 0) is 31.6 Å². The van der Waals surface area contributed by atoms with E-state index in [9.17, 15) is 14.4 Å². The summed E-state index contributed by atoms with van der Waals surface area (Å²) in [6.45, 7) is 10.9. The molecule has 132 valence electrons. The lowest BCUT2D eigenvalue weighted by atomic mass is 9.90. The predicted molar refractivity (Wildman–Crippen MR) is 107 cm³/mol. The first-order chi connectivity index (χ1) is 11.1. The van der Waals surface area contributed by atoms with Gasteiger partial charge in [-0.05, 0) is 54.2 Å². The lowest BCUT2D eigenvalue weighted by molar-refractivity contribution is -0.109. The molecule has 0 unspecified atom stereocenters. The van der Waals surface area contributed by atoms with Crippen molar-refractivity contribution in [2.24, 2.45) is 0 Å². The molecule has 0 aliphatic heterocycles. The fourth-order valence-electron chi connectivity index (χ4n) is 2.56. The second-order valence-electron chi connectivity index (χ2n) is 5.65. The molecule has 0 spiro atoms. The number of carbonyl (C=O) groups is 3. The van der Waals surface area contributed by atoms with Crippen molar-refractivity contribution in [1.82, 2.24) is 0 Å². The molecule has 24 heavy (non-hydrogen) atoms. The lowest BCUT2D eigenvalue weighted by Crippen LogP contribution is -2.07. The highest BCUT2D eigenvalue weighted by Gasteiger charge is 2.18. The number of benzene rings is 1. The Kier molecular flexibility index (Phi) is 8.60. The van der Waals surface area contributed by atoms with Gasteiger partial charge in [0.05, 0.1) is 0 Å². The Hall–Kier alpha value is -0.720. The molecule has 1 aromatic carbocycles. The Morgan fingerprint density at radius 3 is 0.958 bits per heavy atom. The van der Waals surface area contributed by atoms with Crippen LogP contribution in [0.4, 0.5) is 0 Å². The molecule has 0 atom stereocenters. The molecule has 0 aromatic heterocycles. The normalized spacial score (nSPS) is 10.8. The van der Waals surface area contributed by atoms with Gasteiger partial charge >= 0.3 is 0 Å². The van der Waals surface area contributed by atoms with Crippen molar-refractivity contribution in [2.75, 3.05) is 0 Å². The monoisotopic (exact) mass is 384 g/mol. The zero-order chi connectivity index (χ0) is 18.4. The standard InChI is InChI=1S/C18H24O3S3/c1-10-16(7-22-13(4)19)11(2)18(9-24-15(6)21)12(3)17(10)8-23-14(5)20/h7-9H2,1-6H3. The highest BCUT2D eigenvalue weighted by molar-refractivity contribution is 8.13. The van der Waals surface area contributed by atoms with Gasteiger partial charge in [0.25, 0.3) is 0 Å². The third kappa shape index (κ3) is 5.97. The first kappa shape index (κ1) is 21.3. The Labute approximate surface area is 157 Å². The van der Waals surface area contributed by atoms with Crippen LogP contribution >= 0.6 is 35.3 Å². The predicted octanol–water partition coefficient (Wildman–Crippen LogP) is 4.95. The fraction of sp³-hybridized carbons (Fsp3) is 0.500. The summed E-state index contributed by atoms with van der Waals surface area (Å²) in [5.74, 6) is 1.88. The van der Waals surface area contributed by atoms with Gasteiger partial charge in [0.1, 0.15) is 0 Å². The van der Waals surface area contributed by atoms with Gasteiger partial charge in [-0.2, -0.15) is 0 Å². The highest BCUT2D eigenvalue weighted by Crippen LogP contribution is 2.34. The molecule has 1 aromatic rings. The SMILES string of the molecule is CC(=O)SCc1c(C)c(CSC(C)=O)c(C)c(CSC(C)=O)c1C. The average Bonchev–Trinajstić information content (AvgIpc) is 2.45. The summed E-state index contributed by atoms with van der Waals surface area (Å²) in [5.41, 5.74) is 6.93. The van der Waals surface area contributed by atoms with E-state index in [1.165, 1.54) is 35.3 Å². The second-order valence-corrected chi connectivity index (χ2v) is 9.11. The quantitative estimate of drug-likeness (QED) is 0.691. The van der Waals surface area contributed by atoms with E-state index < -0.39 is 0 Å². The van der Waals surface area contributed by atoms with E-state index in [-0.39, 0.29) is 15.3 Å². The maximum Gasteiger partial charge on any atom is 0.186 e.